The van der Waals surface area contributed by atoms with Crippen LogP contribution in [-0.2, 0) is 23.8 Å². The maximum atomic E-state index is 13.4. The number of nitrogens with one attached hydrogen (secondary N) is 1. The molecule has 1 aliphatic rings. The lowest BCUT2D eigenvalue weighted by molar-refractivity contribution is -0.305. The van der Waals surface area contributed by atoms with E-state index in [2.05, 4.69) is 86.8 Å². The van der Waals surface area contributed by atoms with Crippen LogP contribution in [0.4, 0.5) is 0 Å². The van der Waals surface area contributed by atoms with E-state index in [-0.39, 0.29) is 19.4 Å². The summed E-state index contributed by atoms with van der Waals surface area (Å²) in [4.78, 5) is 26.4. The van der Waals surface area contributed by atoms with E-state index in [1.165, 1.54) is 44.9 Å². The minimum atomic E-state index is -1.65. The molecule has 0 radical (unpaired) electrons. The highest BCUT2D eigenvalue weighted by molar-refractivity contribution is 5.80. The molecule has 1 heterocycles. The zero-order valence-corrected chi connectivity index (χ0v) is 45.6. The highest BCUT2D eigenvalue weighted by atomic mass is 16.7. The molecule has 0 bridgehead atoms. The Morgan fingerprint density at radius 2 is 1.04 bits per heavy atom. The molecule has 0 aromatic rings. The molecule has 0 aliphatic carbocycles. The van der Waals surface area contributed by atoms with Crippen LogP contribution in [0.2, 0.25) is 0 Å². The number of rotatable bonds is 44. The summed E-state index contributed by atoms with van der Waals surface area (Å²) in [6, 6.07) is -1.07. The molecule has 0 aromatic carbocycles. The minimum absolute atomic E-state index is 0.0558. The lowest BCUT2D eigenvalue weighted by Crippen LogP contribution is -2.61. The van der Waals surface area contributed by atoms with Gasteiger partial charge in [0.2, 0.25) is 5.91 Å². The second-order valence-corrected chi connectivity index (χ2v) is 18.7. The molecule has 8 atom stereocenters. The number of amides is 1. The molecular formula is C63H99NO10. The van der Waals surface area contributed by atoms with Gasteiger partial charge in [-0.05, 0) is 83.5 Å². The lowest BCUT2D eigenvalue weighted by Gasteiger charge is -2.41. The Morgan fingerprint density at radius 1 is 0.554 bits per heavy atom. The molecule has 416 valence electrons. The van der Waals surface area contributed by atoms with Gasteiger partial charge in [0, 0.05) is 6.42 Å². The van der Waals surface area contributed by atoms with E-state index in [1.807, 2.05) is 79.0 Å². The van der Waals surface area contributed by atoms with E-state index in [0.717, 1.165) is 83.5 Å². The van der Waals surface area contributed by atoms with Crippen LogP contribution in [0, 0.1) is 0 Å². The second kappa shape index (κ2) is 49.4. The monoisotopic (exact) mass is 1030 g/mol. The van der Waals surface area contributed by atoms with Crippen molar-refractivity contribution >= 4 is 11.9 Å². The number of esters is 1. The summed E-state index contributed by atoms with van der Waals surface area (Å²) in [7, 11) is 0. The fourth-order valence-electron chi connectivity index (χ4n) is 7.71. The van der Waals surface area contributed by atoms with Gasteiger partial charge in [0.25, 0.3) is 0 Å². The highest BCUT2D eigenvalue weighted by Gasteiger charge is 2.47. The van der Waals surface area contributed by atoms with E-state index >= 15 is 0 Å². The summed E-state index contributed by atoms with van der Waals surface area (Å²) in [5, 5.41) is 56.7. The molecule has 11 nitrogen and oxygen atoms in total. The number of unbranched alkanes of at least 4 members (excludes halogenated alkanes) is 13. The van der Waals surface area contributed by atoms with Gasteiger partial charge in [-0.2, -0.15) is 0 Å². The predicted molar refractivity (Wildman–Crippen MR) is 305 cm³/mol. The van der Waals surface area contributed by atoms with E-state index in [1.54, 1.807) is 6.08 Å². The Bertz CT molecular complexity index is 1750. The van der Waals surface area contributed by atoms with Crippen LogP contribution in [0.3, 0.4) is 0 Å². The van der Waals surface area contributed by atoms with Crippen molar-refractivity contribution in [2.45, 2.75) is 224 Å². The lowest BCUT2D eigenvalue weighted by atomic mass is 9.99. The third-order valence-corrected chi connectivity index (χ3v) is 12.2. The van der Waals surface area contributed by atoms with E-state index in [4.69, 9.17) is 14.2 Å². The average Bonchev–Trinajstić information content (AvgIpc) is 3.40. The fraction of sp³-hybridized carbons (Fsp3) is 0.587. The molecule has 0 aromatic heterocycles. The second-order valence-electron chi connectivity index (χ2n) is 18.7. The summed E-state index contributed by atoms with van der Waals surface area (Å²) in [5.41, 5.74) is 0. The quantitative estimate of drug-likeness (QED) is 0.0149. The molecule has 1 rings (SSSR count). The summed E-state index contributed by atoms with van der Waals surface area (Å²) in [5.74, 6) is -1.32. The molecule has 74 heavy (non-hydrogen) atoms. The first-order valence-corrected chi connectivity index (χ1v) is 28.2. The van der Waals surface area contributed by atoms with Gasteiger partial charge in [-0.25, -0.2) is 0 Å². The molecule has 6 N–H and O–H groups in total. The van der Waals surface area contributed by atoms with Crippen molar-refractivity contribution in [3.63, 3.8) is 0 Å². The van der Waals surface area contributed by atoms with Gasteiger partial charge in [-0.15, -0.1) is 0 Å². The Morgan fingerprint density at radius 3 is 1.59 bits per heavy atom. The zero-order chi connectivity index (χ0) is 54.0. The van der Waals surface area contributed by atoms with Crippen molar-refractivity contribution in [1.82, 2.24) is 5.32 Å². The number of hydrogen-bond donors (Lipinski definition) is 6. The summed E-state index contributed by atoms with van der Waals surface area (Å²) in [6.45, 7) is 5.43. The number of aliphatic hydroxyl groups is 5. The molecule has 0 saturated carbocycles. The topological polar surface area (TPSA) is 175 Å². The molecule has 1 aliphatic heterocycles. The van der Waals surface area contributed by atoms with Crippen molar-refractivity contribution in [3.05, 3.63) is 146 Å². The van der Waals surface area contributed by atoms with E-state index in [9.17, 15) is 35.1 Å². The van der Waals surface area contributed by atoms with E-state index in [0.29, 0.717) is 12.8 Å². The van der Waals surface area contributed by atoms with Crippen LogP contribution < -0.4 is 5.32 Å². The maximum Gasteiger partial charge on any atom is 0.306 e. The maximum absolute atomic E-state index is 13.4. The minimum Gasteiger partial charge on any atom is -0.454 e. The van der Waals surface area contributed by atoms with Crippen molar-refractivity contribution < 1.29 is 49.3 Å². The van der Waals surface area contributed by atoms with Crippen LogP contribution in [0.15, 0.2) is 146 Å². The van der Waals surface area contributed by atoms with Crippen LogP contribution in [-0.4, -0.2) is 99.6 Å². The van der Waals surface area contributed by atoms with Crippen LogP contribution in [0.1, 0.15) is 175 Å². The number of allylic oxidation sites excluding steroid dienone is 23. The van der Waals surface area contributed by atoms with Crippen LogP contribution in [0.5, 0.6) is 0 Å². The number of carbonyl (C=O) groups excluding carboxylic acids is 2. The third kappa shape index (κ3) is 37.3. The Hall–Kier alpha value is -4.46. The summed E-state index contributed by atoms with van der Waals surface area (Å²) in [6.07, 6.45) is 60.4. The van der Waals surface area contributed by atoms with Crippen LogP contribution in [0.25, 0.3) is 0 Å². The van der Waals surface area contributed by atoms with Crippen molar-refractivity contribution in [2.24, 2.45) is 0 Å². The van der Waals surface area contributed by atoms with Gasteiger partial charge >= 0.3 is 5.97 Å². The fourth-order valence-corrected chi connectivity index (χ4v) is 7.71. The molecule has 11 heteroatoms. The highest BCUT2D eigenvalue weighted by Crippen LogP contribution is 2.26. The number of ether oxygens (including phenoxy) is 3. The Balaban J connectivity index is 2.83. The van der Waals surface area contributed by atoms with Gasteiger partial charge in [0.05, 0.1) is 25.4 Å². The molecule has 1 saturated heterocycles. The number of aliphatic hydroxyl groups excluding tert-OH is 5. The normalized spacial score (nSPS) is 20.5. The first-order valence-electron chi connectivity index (χ1n) is 28.2. The van der Waals surface area contributed by atoms with Gasteiger partial charge in [-0.3, -0.25) is 9.59 Å². The third-order valence-electron chi connectivity index (χ3n) is 12.2. The number of hydrogen-bond acceptors (Lipinski definition) is 10. The first kappa shape index (κ1) is 67.6. The smallest absolute Gasteiger partial charge is 0.306 e. The Kier molecular flexibility index (Phi) is 45.1. The summed E-state index contributed by atoms with van der Waals surface area (Å²) < 4.78 is 17.5. The molecule has 0 spiro atoms. The summed E-state index contributed by atoms with van der Waals surface area (Å²) >= 11 is 0. The van der Waals surface area contributed by atoms with Gasteiger partial charge in [-0.1, -0.05) is 231 Å². The van der Waals surface area contributed by atoms with Crippen LogP contribution >= 0.6 is 0 Å². The average molecular weight is 1030 g/mol. The molecule has 1 amide bonds. The predicted octanol–water partition coefficient (Wildman–Crippen LogP) is 12.7. The number of carbonyl (C=O) groups is 2. The standard InChI is InChI=1S/C63H99NO10/c1-4-7-10-13-16-19-22-25-27-29-31-33-36-39-42-45-48-51-58(68)74-61-60(70)59(69)57(52-65)73-63(61)72-53-54(55(66)49-46-43-40-37-34-24-21-18-15-12-9-6-3)64-62(71)56(67)50-47-44-41-38-35-32-30-28-26-23-20-17-14-11-8-5-2/h7-8,10-11,13,16-17,19-20,22,25-29,31-33,35-36,41,44,46,49,54-57,59-61,63,65-67,69-70H,4-6,9,12,14-15,18,21,23-24,30,34,37-40,42-43,45,47-48,50-53H2,1-3H3,(H,64,71)/b10-7-,11-8-,16-13+,20-17-,22-19+,27-25-,28-26-,31-29+,35-32-,36-33+,44-41-,49-46+. The Labute approximate surface area is 447 Å². The largest absolute Gasteiger partial charge is 0.454 e. The molecular weight excluding hydrogens is 931 g/mol. The SMILES string of the molecule is CC\C=C/C=C/C=C/C=C\C=C\C=C\CCCCCC(=O)OC1C(OCC(NC(=O)C(O)CC/C=C\C/C=C\C/C=C\C/C=C\C/C=C\CC)C(O)/C=C/CCCCCCCCCCCC)OC(CO)C(O)C1O. The van der Waals surface area contributed by atoms with Crippen molar-refractivity contribution in [3.8, 4) is 0 Å². The van der Waals surface area contributed by atoms with Crippen molar-refractivity contribution in [2.75, 3.05) is 13.2 Å². The van der Waals surface area contributed by atoms with Gasteiger partial charge in [0.15, 0.2) is 12.4 Å². The molecule has 8 unspecified atom stereocenters. The van der Waals surface area contributed by atoms with Gasteiger partial charge < -0.3 is 45.1 Å². The molecule has 1 fully saturated rings. The zero-order valence-electron chi connectivity index (χ0n) is 45.6. The van der Waals surface area contributed by atoms with Gasteiger partial charge in [0.1, 0.15) is 24.4 Å². The first-order chi connectivity index (χ1) is 36.2. The van der Waals surface area contributed by atoms with E-state index < -0.39 is 67.4 Å². The van der Waals surface area contributed by atoms with Crippen molar-refractivity contribution in [1.29, 1.82) is 0 Å².